The third-order valence-corrected chi connectivity index (χ3v) is 8.82. The fourth-order valence-electron chi connectivity index (χ4n) is 6.28. The Morgan fingerprint density at radius 2 is 1.81 bits per heavy atom. The van der Waals surface area contributed by atoms with Gasteiger partial charge in [-0.25, -0.2) is 18.3 Å². The molecule has 0 aromatic carbocycles. The lowest BCUT2D eigenvalue weighted by atomic mass is 9.81. The molecule has 3 aromatic rings. The maximum absolute atomic E-state index is 14.1. The van der Waals surface area contributed by atoms with E-state index in [9.17, 15) is 23.2 Å². The molecule has 0 spiro atoms. The van der Waals surface area contributed by atoms with Crippen LogP contribution in [0.4, 0.5) is 14.5 Å². The number of hydrogen-bond donors (Lipinski definition) is 2. The molecule has 2 N–H and O–H groups in total. The molecular formula is C31H37F2N7O3. The molecule has 43 heavy (non-hydrogen) atoms. The fraction of sp³-hybridized carbons (Fsp3) is 0.548. The van der Waals surface area contributed by atoms with Crippen LogP contribution < -0.4 is 15.5 Å². The first-order valence-corrected chi connectivity index (χ1v) is 15.3. The van der Waals surface area contributed by atoms with Gasteiger partial charge >= 0.3 is 0 Å². The van der Waals surface area contributed by atoms with Crippen molar-refractivity contribution >= 4 is 29.1 Å². The van der Waals surface area contributed by atoms with Crippen molar-refractivity contribution in [1.29, 1.82) is 0 Å². The van der Waals surface area contributed by atoms with Crippen LogP contribution >= 0.6 is 0 Å². The highest BCUT2D eigenvalue weighted by Gasteiger charge is 2.40. The summed E-state index contributed by atoms with van der Waals surface area (Å²) >= 11 is 0. The zero-order chi connectivity index (χ0) is 30.1. The molecule has 3 aliphatic rings. The number of carbonyl (C=O) groups excluding carboxylic acids is 3. The third kappa shape index (κ3) is 6.52. The third-order valence-electron chi connectivity index (χ3n) is 8.82. The molecule has 3 fully saturated rings. The summed E-state index contributed by atoms with van der Waals surface area (Å²) in [5.74, 6) is -3.03. The fourth-order valence-corrected chi connectivity index (χ4v) is 6.28. The lowest BCUT2D eigenvalue weighted by Gasteiger charge is -2.33. The van der Waals surface area contributed by atoms with Gasteiger partial charge in [0, 0.05) is 38.4 Å². The van der Waals surface area contributed by atoms with E-state index in [1.165, 1.54) is 6.20 Å². The Bertz CT molecular complexity index is 1510. The largest absolute Gasteiger partial charge is 0.349 e. The van der Waals surface area contributed by atoms with Crippen molar-refractivity contribution in [3.05, 3.63) is 53.7 Å². The molecule has 0 unspecified atom stereocenters. The van der Waals surface area contributed by atoms with E-state index in [4.69, 9.17) is 4.98 Å². The molecule has 228 valence electrons. The quantitative estimate of drug-likeness (QED) is 0.344. The van der Waals surface area contributed by atoms with E-state index in [2.05, 4.69) is 20.7 Å². The summed E-state index contributed by atoms with van der Waals surface area (Å²) in [5, 5.41) is 10.8. The molecule has 1 aliphatic heterocycles. The molecule has 0 bridgehead atoms. The summed E-state index contributed by atoms with van der Waals surface area (Å²) in [4.78, 5) is 48.8. The highest BCUT2D eigenvalue weighted by molar-refractivity contribution is 5.98. The van der Waals surface area contributed by atoms with Crippen molar-refractivity contribution in [3.63, 3.8) is 0 Å². The second kappa shape index (κ2) is 12.0. The lowest BCUT2D eigenvalue weighted by Crippen LogP contribution is -2.37. The monoisotopic (exact) mass is 593 g/mol. The maximum atomic E-state index is 14.1. The van der Waals surface area contributed by atoms with Crippen molar-refractivity contribution in [2.45, 2.75) is 89.1 Å². The average Bonchev–Trinajstić information content (AvgIpc) is 3.60. The number of hydrogen-bond acceptors (Lipinski definition) is 6. The van der Waals surface area contributed by atoms with Gasteiger partial charge in [0.2, 0.25) is 17.7 Å². The summed E-state index contributed by atoms with van der Waals surface area (Å²) in [6, 6.07) is 2.77. The van der Waals surface area contributed by atoms with Gasteiger partial charge in [0.15, 0.2) is 5.65 Å². The van der Waals surface area contributed by atoms with E-state index in [1.54, 1.807) is 34.1 Å². The number of carbonyl (C=O) groups is 3. The Balaban J connectivity index is 1.28. The summed E-state index contributed by atoms with van der Waals surface area (Å²) < 4.78 is 29.8. The number of amides is 3. The van der Waals surface area contributed by atoms with Crippen LogP contribution in [0.1, 0.15) is 105 Å². The van der Waals surface area contributed by atoms with Crippen molar-refractivity contribution in [2.75, 3.05) is 11.4 Å². The number of alkyl halides is 2. The standard InChI is InChI=1S/C31H37F2N7O3/c1-2-4-26(41)37-28(19-6-7-19)21-14-25-36-24(18-40(25)35-16-21)29(20-8-10-31(32,33)11-9-20)38-30(43)22-13-23(17-34-15-22)39-12-3-5-27(39)42/h13-20,28-29H,2-12H2,1H3,(H,37,41)(H,38,43)/t28-,29+/m1/s1. The van der Waals surface area contributed by atoms with Gasteiger partial charge in [-0.2, -0.15) is 5.10 Å². The SMILES string of the molecule is CCCC(=O)N[C@@H](c1cnn2cc([C@@H](NC(=O)c3cncc(N4CCCC4=O)c3)C3CCC(F)(F)CC3)nc2c1)C1CC1. The zero-order valence-electron chi connectivity index (χ0n) is 24.3. The van der Waals surface area contributed by atoms with Crippen LogP contribution in [0.5, 0.6) is 0 Å². The van der Waals surface area contributed by atoms with Crippen molar-refractivity contribution in [3.8, 4) is 0 Å². The van der Waals surface area contributed by atoms with Crippen LogP contribution in [0.3, 0.4) is 0 Å². The van der Waals surface area contributed by atoms with Gasteiger partial charge in [0.1, 0.15) is 0 Å². The molecule has 2 atom stereocenters. The second-order valence-electron chi connectivity index (χ2n) is 12.1. The minimum atomic E-state index is -2.72. The predicted molar refractivity (Wildman–Crippen MR) is 154 cm³/mol. The predicted octanol–water partition coefficient (Wildman–Crippen LogP) is 4.92. The molecule has 12 heteroatoms. The van der Waals surface area contributed by atoms with Crippen LogP contribution in [-0.2, 0) is 9.59 Å². The van der Waals surface area contributed by atoms with E-state index >= 15 is 0 Å². The normalized spacial score (nSPS) is 20.3. The minimum Gasteiger partial charge on any atom is -0.349 e. The van der Waals surface area contributed by atoms with E-state index in [1.807, 2.05) is 13.0 Å². The molecule has 3 amide bonds. The zero-order valence-corrected chi connectivity index (χ0v) is 24.3. The first kappa shape index (κ1) is 29.1. The Labute approximate surface area is 248 Å². The molecular weight excluding hydrogens is 556 g/mol. The first-order chi connectivity index (χ1) is 20.7. The number of imidazole rings is 1. The van der Waals surface area contributed by atoms with E-state index < -0.39 is 17.9 Å². The Morgan fingerprint density at radius 1 is 1.05 bits per heavy atom. The molecule has 10 nitrogen and oxygen atoms in total. The van der Waals surface area contributed by atoms with Crippen LogP contribution in [-0.4, -0.2) is 49.8 Å². The topological polar surface area (TPSA) is 122 Å². The number of halogens is 2. The molecule has 2 saturated carbocycles. The van der Waals surface area contributed by atoms with E-state index in [-0.39, 0.29) is 55.0 Å². The van der Waals surface area contributed by atoms with Gasteiger partial charge in [0.05, 0.1) is 47.6 Å². The molecule has 6 rings (SSSR count). The van der Waals surface area contributed by atoms with Gasteiger partial charge < -0.3 is 15.5 Å². The summed E-state index contributed by atoms with van der Waals surface area (Å²) in [6.07, 6.45) is 10.9. The number of nitrogens with zero attached hydrogens (tertiary/aromatic N) is 5. The maximum Gasteiger partial charge on any atom is 0.253 e. The number of pyridine rings is 1. The van der Waals surface area contributed by atoms with Crippen molar-refractivity contribution < 1.29 is 23.2 Å². The average molecular weight is 594 g/mol. The van der Waals surface area contributed by atoms with Crippen LogP contribution in [0, 0.1) is 11.8 Å². The van der Waals surface area contributed by atoms with Crippen LogP contribution in [0.25, 0.3) is 5.65 Å². The minimum absolute atomic E-state index is 0.00726. The number of rotatable bonds is 10. The number of nitrogens with one attached hydrogen (secondary N) is 2. The molecule has 2 aliphatic carbocycles. The first-order valence-electron chi connectivity index (χ1n) is 15.3. The van der Waals surface area contributed by atoms with Gasteiger partial charge in [0.25, 0.3) is 5.91 Å². The molecule has 1 saturated heterocycles. The lowest BCUT2D eigenvalue weighted by molar-refractivity contribution is -0.122. The van der Waals surface area contributed by atoms with Gasteiger partial charge in [-0.3, -0.25) is 19.4 Å². The Kier molecular flexibility index (Phi) is 8.11. The second-order valence-corrected chi connectivity index (χ2v) is 12.1. The Morgan fingerprint density at radius 3 is 2.51 bits per heavy atom. The van der Waals surface area contributed by atoms with Crippen LogP contribution in [0.2, 0.25) is 0 Å². The van der Waals surface area contributed by atoms with Gasteiger partial charge in [-0.15, -0.1) is 0 Å². The van der Waals surface area contributed by atoms with E-state index in [0.29, 0.717) is 42.3 Å². The summed E-state index contributed by atoms with van der Waals surface area (Å²) in [5.41, 5.74) is 2.80. The number of anilines is 1. The van der Waals surface area contributed by atoms with Crippen molar-refractivity contribution in [2.24, 2.45) is 11.8 Å². The number of aromatic nitrogens is 4. The molecule has 4 heterocycles. The highest BCUT2D eigenvalue weighted by Crippen LogP contribution is 2.43. The molecule has 0 radical (unpaired) electrons. The van der Waals surface area contributed by atoms with E-state index in [0.717, 1.165) is 31.2 Å². The summed E-state index contributed by atoms with van der Waals surface area (Å²) in [6.45, 7) is 2.54. The van der Waals surface area contributed by atoms with Gasteiger partial charge in [-0.05, 0) is 68.1 Å². The Hall–Kier alpha value is -3.96. The molecule has 3 aromatic heterocycles. The summed E-state index contributed by atoms with van der Waals surface area (Å²) in [7, 11) is 0. The van der Waals surface area contributed by atoms with Crippen LogP contribution in [0.15, 0.2) is 36.9 Å². The van der Waals surface area contributed by atoms with Gasteiger partial charge in [-0.1, -0.05) is 6.92 Å². The number of fused-ring (bicyclic) bond motifs is 1. The van der Waals surface area contributed by atoms with Crippen molar-refractivity contribution in [1.82, 2.24) is 30.2 Å². The smallest absolute Gasteiger partial charge is 0.253 e. The highest BCUT2D eigenvalue weighted by atomic mass is 19.3.